The first-order chi connectivity index (χ1) is 20.2. The Labute approximate surface area is 244 Å². The zero-order chi connectivity index (χ0) is 30.2. The molecule has 3 heterocycles. The highest BCUT2D eigenvalue weighted by molar-refractivity contribution is 5.90. The van der Waals surface area contributed by atoms with Gasteiger partial charge in [0.15, 0.2) is 0 Å². The van der Waals surface area contributed by atoms with Crippen LogP contribution in [0.1, 0.15) is 25.5 Å². The lowest BCUT2D eigenvalue weighted by Crippen LogP contribution is -2.58. The number of fused-ring (bicyclic) bond motifs is 1. The number of rotatable bonds is 12. The van der Waals surface area contributed by atoms with E-state index in [4.69, 9.17) is 26.5 Å². The number of ether oxygens (including phenoxy) is 3. The Hall–Kier alpha value is -3.89. The number of esters is 1. The van der Waals surface area contributed by atoms with Gasteiger partial charge in [-0.25, -0.2) is 9.18 Å². The summed E-state index contributed by atoms with van der Waals surface area (Å²) in [6.45, 7) is 14.3. The molecule has 1 fully saturated rings. The van der Waals surface area contributed by atoms with Gasteiger partial charge in [-0.3, -0.25) is 9.69 Å². The minimum Gasteiger partial charge on any atom is -0.462 e. The van der Waals surface area contributed by atoms with Gasteiger partial charge in [0.1, 0.15) is 18.5 Å². The number of benzene rings is 1. The molecule has 0 saturated carbocycles. The van der Waals surface area contributed by atoms with Crippen LogP contribution in [0, 0.1) is 12.4 Å². The molecule has 42 heavy (non-hydrogen) atoms. The first-order valence-corrected chi connectivity index (χ1v) is 13.9. The fraction of sp³-hybridized carbons (Fsp3) is 0.467. The molecule has 0 aliphatic carbocycles. The Morgan fingerprint density at radius 1 is 1.07 bits per heavy atom. The maximum Gasteiger partial charge on any atom is 0.328 e. The van der Waals surface area contributed by atoms with Crippen molar-refractivity contribution in [3.63, 3.8) is 0 Å². The molecule has 3 atom stereocenters. The number of hydrogen-bond acceptors (Lipinski definition) is 9. The van der Waals surface area contributed by atoms with E-state index in [9.17, 15) is 14.0 Å². The van der Waals surface area contributed by atoms with E-state index in [2.05, 4.69) is 14.7 Å². The molecule has 4 rings (SSSR count). The smallest absolute Gasteiger partial charge is 0.328 e. The number of anilines is 1. The minimum atomic E-state index is -0.773. The third-order valence-corrected chi connectivity index (χ3v) is 7.36. The molecule has 0 bridgehead atoms. The number of carbonyl (C=O) groups is 1. The van der Waals surface area contributed by atoms with Crippen molar-refractivity contribution in [2.24, 2.45) is 12.8 Å². The fourth-order valence-corrected chi connectivity index (χ4v) is 5.22. The monoisotopic (exact) mass is 580 g/mol. The van der Waals surface area contributed by atoms with Crippen molar-refractivity contribution in [2.75, 3.05) is 57.6 Å². The van der Waals surface area contributed by atoms with Crippen molar-refractivity contribution in [2.45, 2.75) is 32.0 Å². The Bertz CT molecular complexity index is 1470. The second kappa shape index (κ2) is 14.3. The zero-order valence-corrected chi connectivity index (χ0v) is 24.2. The van der Waals surface area contributed by atoms with Crippen LogP contribution in [0.2, 0.25) is 0 Å². The first kappa shape index (κ1) is 31.1. The van der Waals surface area contributed by atoms with Crippen molar-refractivity contribution in [1.82, 2.24) is 14.5 Å². The van der Waals surface area contributed by atoms with Gasteiger partial charge in [0.25, 0.3) is 11.4 Å². The van der Waals surface area contributed by atoms with Crippen molar-refractivity contribution < 1.29 is 23.4 Å². The van der Waals surface area contributed by atoms with Gasteiger partial charge in [-0.2, -0.15) is 0 Å². The van der Waals surface area contributed by atoms with Crippen LogP contribution < -0.4 is 16.2 Å². The second-order valence-electron chi connectivity index (χ2n) is 10.3. The molecular weight excluding hydrogens is 543 g/mol. The largest absolute Gasteiger partial charge is 0.462 e. The van der Waals surface area contributed by atoms with Gasteiger partial charge in [0.2, 0.25) is 5.52 Å². The number of carbonyl (C=O) groups excluding carboxylic acids is 1. The third-order valence-electron chi connectivity index (χ3n) is 7.36. The van der Waals surface area contributed by atoms with Crippen LogP contribution in [0.4, 0.5) is 15.9 Å². The van der Waals surface area contributed by atoms with Crippen LogP contribution in [0.5, 0.6) is 0 Å². The molecule has 11 nitrogen and oxygen atoms in total. The highest BCUT2D eigenvalue weighted by Crippen LogP contribution is 2.34. The molecule has 1 aliphatic rings. The topological polar surface area (TPSA) is 117 Å². The fourth-order valence-electron chi connectivity index (χ4n) is 5.22. The Morgan fingerprint density at radius 3 is 2.45 bits per heavy atom. The Kier molecular flexibility index (Phi) is 10.6. The predicted octanol–water partition coefficient (Wildman–Crippen LogP) is 2.80. The number of pyridine rings is 2. The number of aromatic nitrogens is 2. The molecule has 12 heteroatoms. The normalized spacial score (nSPS) is 18.1. The summed E-state index contributed by atoms with van der Waals surface area (Å²) in [4.78, 5) is 38.5. The quantitative estimate of drug-likeness (QED) is 0.196. The van der Waals surface area contributed by atoms with Crippen molar-refractivity contribution in [3.05, 3.63) is 75.6 Å². The number of nitrogens with two attached hydrogens (primary N) is 1. The Morgan fingerprint density at radius 2 is 1.76 bits per heavy atom. The van der Waals surface area contributed by atoms with E-state index < -0.39 is 17.8 Å². The number of hydrogen-bond donors (Lipinski definition) is 1. The van der Waals surface area contributed by atoms with Crippen LogP contribution in [0.3, 0.4) is 0 Å². The molecule has 1 aliphatic heterocycles. The van der Waals surface area contributed by atoms with Crippen LogP contribution in [0.15, 0.2) is 47.3 Å². The number of aryl methyl sites for hydroxylation is 1. The van der Waals surface area contributed by atoms with E-state index in [-0.39, 0.29) is 36.7 Å². The molecule has 2 aromatic heterocycles. The molecule has 224 valence electrons. The lowest BCUT2D eigenvalue weighted by molar-refractivity contribution is -0.153. The van der Waals surface area contributed by atoms with Gasteiger partial charge >= 0.3 is 5.97 Å². The van der Waals surface area contributed by atoms with E-state index in [1.165, 1.54) is 16.7 Å². The van der Waals surface area contributed by atoms with Crippen molar-refractivity contribution in [3.8, 4) is 0 Å². The van der Waals surface area contributed by atoms with Gasteiger partial charge in [0.05, 0.1) is 37.6 Å². The van der Waals surface area contributed by atoms with Gasteiger partial charge in [0, 0.05) is 44.8 Å². The van der Waals surface area contributed by atoms with Gasteiger partial charge in [-0.05, 0) is 43.7 Å². The molecule has 2 N–H and O–H groups in total. The van der Waals surface area contributed by atoms with Crippen LogP contribution in [0.25, 0.3) is 15.9 Å². The summed E-state index contributed by atoms with van der Waals surface area (Å²) in [5.41, 5.74) is 7.68. The van der Waals surface area contributed by atoms with Gasteiger partial charge < -0.3 is 34.3 Å². The summed E-state index contributed by atoms with van der Waals surface area (Å²) in [6, 6.07) is 9.67. The summed E-state index contributed by atoms with van der Waals surface area (Å²) < 4.78 is 31.7. The van der Waals surface area contributed by atoms with Crippen LogP contribution in [-0.4, -0.2) is 85.2 Å². The van der Waals surface area contributed by atoms with Crippen molar-refractivity contribution in [1.29, 1.82) is 0 Å². The zero-order valence-electron chi connectivity index (χ0n) is 24.2. The summed E-state index contributed by atoms with van der Waals surface area (Å²) in [7, 11) is 1.68. The summed E-state index contributed by atoms with van der Waals surface area (Å²) >= 11 is 0. The molecule has 0 amide bonds. The van der Waals surface area contributed by atoms with Crippen LogP contribution in [-0.2, 0) is 26.1 Å². The van der Waals surface area contributed by atoms with Gasteiger partial charge in [-0.15, -0.1) is 4.98 Å². The molecule has 1 aromatic carbocycles. The molecule has 0 spiro atoms. The maximum absolute atomic E-state index is 13.8. The third kappa shape index (κ3) is 7.11. The first-order valence-electron chi connectivity index (χ1n) is 13.9. The average Bonchev–Trinajstić information content (AvgIpc) is 2.98. The highest BCUT2D eigenvalue weighted by atomic mass is 19.1. The average molecular weight is 581 g/mol. The predicted molar refractivity (Wildman–Crippen MR) is 157 cm³/mol. The summed E-state index contributed by atoms with van der Waals surface area (Å²) in [5.74, 6) is -0.612. The van der Waals surface area contributed by atoms with E-state index in [0.717, 1.165) is 0 Å². The van der Waals surface area contributed by atoms with Crippen molar-refractivity contribution >= 4 is 28.5 Å². The number of halogens is 1. The SMILES string of the molecule is [C-]#[N+]c1ccc2c(n1)c(N1C[C@@H](C)N(C(C(=O)OCCOCCOCCN)c3ccc(F)cc3)C[C@@H]1C)cc(=O)n2C. The molecule has 3 aromatic rings. The number of piperazine rings is 1. The van der Waals surface area contributed by atoms with Gasteiger partial charge in [-0.1, -0.05) is 18.7 Å². The summed E-state index contributed by atoms with van der Waals surface area (Å²) in [6.07, 6.45) is 0. The van der Waals surface area contributed by atoms with Crippen LogP contribution >= 0.6 is 0 Å². The highest BCUT2D eigenvalue weighted by Gasteiger charge is 2.39. The standard InChI is InChI=1S/C30H37FN6O5/c1-20-19-37(21(2)18-36(20)25-17-27(38)35(4)24-9-10-26(33-3)34-28(24)25)29(22-5-7-23(31)8-6-22)30(39)42-16-15-41-14-13-40-12-11-32/h5-10,17,20-21,29H,11-16,18-19,32H2,1-2,4H3/t20-,21+,29?/m0/s1. The molecular formula is C30H37FN6O5. The lowest BCUT2D eigenvalue weighted by atomic mass is 9.99. The van der Waals surface area contributed by atoms with E-state index in [1.807, 2.05) is 18.7 Å². The molecule has 1 saturated heterocycles. The lowest BCUT2D eigenvalue weighted by Gasteiger charge is -2.47. The molecule has 0 radical (unpaired) electrons. The van der Waals surface area contributed by atoms with E-state index in [1.54, 1.807) is 37.4 Å². The second-order valence-corrected chi connectivity index (χ2v) is 10.3. The minimum absolute atomic E-state index is 0.0612. The molecule has 1 unspecified atom stereocenters. The van der Waals surface area contributed by atoms with E-state index >= 15 is 0 Å². The maximum atomic E-state index is 13.8. The van der Waals surface area contributed by atoms with E-state index in [0.29, 0.717) is 61.7 Å². The summed E-state index contributed by atoms with van der Waals surface area (Å²) in [5, 5.41) is 0. The Balaban J connectivity index is 1.54. The number of nitrogens with zero attached hydrogens (tertiary/aromatic N) is 5.